The molecule has 67 heavy (non-hydrogen) atoms. The van der Waals surface area contributed by atoms with Crippen molar-refractivity contribution in [3.05, 3.63) is 192 Å². The number of nitrogens with two attached hydrogens (primary N) is 1. The van der Waals surface area contributed by atoms with Crippen molar-refractivity contribution in [2.75, 3.05) is 5.73 Å². The molecule has 6 aromatic rings. The normalized spacial score (nSPS) is 14.6. The molecule has 0 aliphatic heterocycles. The Labute approximate surface area is 446 Å². The van der Waals surface area contributed by atoms with E-state index < -0.39 is 18.9 Å². The van der Waals surface area contributed by atoms with E-state index in [4.69, 9.17) is 33.0 Å². The number of nitrogen functional groups attached to an aromatic ring is 1. The van der Waals surface area contributed by atoms with Gasteiger partial charge in [-0.2, -0.15) is 0 Å². The zero-order valence-electron chi connectivity index (χ0n) is 37.9. The molecule has 2 aliphatic rings. The van der Waals surface area contributed by atoms with Gasteiger partial charge >= 0.3 is 42.4 Å². The average Bonchev–Trinajstić information content (AvgIpc) is 3.27. The molecule has 6 N–H and O–H groups in total. The standard InChI is InChI=1S/C26H25Br2NO3.C26H27Br2NO.2ClH.2H2O.Sn/c1-16-6-8-18(9-7-16)15-32-26-13-21-5-3-4-20(22(21)14-25(26)29(30)31)10-19-11-23(27)17(2)24(28)12-19;1-16-6-8-18(9-7-16)15-30-26-13-21-5-3-4-20(22(21)14-25(26)29)10-19-11-23(27)17(2)24(28)12-19;;;;;/h6-9,11-14,20H,3-5,10,15H2,1-2H3;6-9,11-14,20H,3-5,10,15,29H2,1-2H3;2*1H;2*1H2;/q;;;;;;+2/p-2. The predicted octanol–water partition coefficient (Wildman–Crippen LogP) is 15.0. The van der Waals surface area contributed by atoms with Crippen LogP contribution in [0.2, 0.25) is 0 Å². The molecular weight excluding hydrogens is 1260 g/mol. The van der Waals surface area contributed by atoms with Gasteiger partial charge in [-0.05, 0) is 189 Å². The first-order valence-corrected chi connectivity index (χ1v) is 32.0. The minimum absolute atomic E-state index is 0. The van der Waals surface area contributed by atoms with Crippen molar-refractivity contribution in [2.45, 2.75) is 104 Å². The van der Waals surface area contributed by atoms with E-state index in [9.17, 15) is 10.1 Å². The van der Waals surface area contributed by atoms with Crippen molar-refractivity contribution >= 4 is 112 Å². The third kappa shape index (κ3) is 15.7. The van der Waals surface area contributed by atoms with Crippen LogP contribution in [0, 0.1) is 37.8 Å². The monoisotopic (exact) mass is 1310 g/mol. The van der Waals surface area contributed by atoms with E-state index in [1.807, 2.05) is 37.3 Å². The molecule has 0 spiro atoms. The van der Waals surface area contributed by atoms with E-state index in [2.05, 4.69) is 145 Å². The number of benzene rings is 6. The topological polar surface area (TPSA) is 151 Å². The molecule has 0 heterocycles. The summed E-state index contributed by atoms with van der Waals surface area (Å²) in [5.74, 6) is 1.90. The Hall–Kier alpha value is -2.66. The number of hydrogen-bond donors (Lipinski definition) is 1. The molecule has 0 saturated carbocycles. The first-order chi connectivity index (χ1) is 31.1. The first-order valence-electron chi connectivity index (χ1n) is 21.6. The molecule has 8 nitrogen and oxygen atoms in total. The van der Waals surface area contributed by atoms with Crippen LogP contribution < -0.4 is 15.2 Å². The fourth-order valence-electron chi connectivity index (χ4n) is 8.56. The Morgan fingerprint density at radius 1 is 0.612 bits per heavy atom. The molecule has 2 unspecified atom stereocenters. The van der Waals surface area contributed by atoms with Crippen molar-refractivity contribution in [3.8, 4) is 11.5 Å². The van der Waals surface area contributed by atoms with Gasteiger partial charge in [-0.1, -0.05) is 123 Å². The Morgan fingerprint density at radius 3 is 1.39 bits per heavy atom. The molecule has 0 aromatic heterocycles. The van der Waals surface area contributed by atoms with E-state index in [0.29, 0.717) is 24.9 Å². The summed E-state index contributed by atoms with van der Waals surface area (Å²) in [6.45, 7) is 9.16. The van der Waals surface area contributed by atoms with Crippen LogP contribution in [0.3, 0.4) is 0 Å². The van der Waals surface area contributed by atoms with Crippen LogP contribution >= 0.6 is 81.6 Å². The van der Waals surface area contributed by atoms with Gasteiger partial charge in [0.2, 0.25) is 0 Å². The number of fused-ring (bicyclic) bond motifs is 2. The van der Waals surface area contributed by atoms with Crippen LogP contribution in [0.15, 0.2) is 115 Å². The van der Waals surface area contributed by atoms with Gasteiger partial charge in [0, 0.05) is 24.0 Å². The summed E-state index contributed by atoms with van der Waals surface area (Å²) in [5.41, 5.74) is 21.8. The van der Waals surface area contributed by atoms with Crippen molar-refractivity contribution in [3.63, 3.8) is 0 Å². The number of halogens is 6. The van der Waals surface area contributed by atoms with E-state index in [1.54, 1.807) is 6.07 Å². The number of nitrogens with zero attached hydrogens (tertiary/aromatic N) is 1. The van der Waals surface area contributed by atoms with Gasteiger partial charge in [-0.15, -0.1) is 0 Å². The molecule has 2 radical (unpaired) electrons. The summed E-state index contributed by atoms with van der Waals surface area (Å²) in [6, 6.07) is 33.2. The summed E-state index contributed by atoms with van der Waals surface area (Å²) in [4.78, 5) is 11.5. The fourth-order valence-corrected chi connectivity index (χ4v) is 11.1. The second-order valence-electron chi connectivity index (χ2n) is 16.9. The molecule has 8 rings (SSSR count). The molecule has 356 valence electrons. The average molecular weight is 1310 g/mol. The summed E-state index contributed by atoms with van der Waals surface area (Å²) >= 11 is 13.8. The molecular formula is C52H56Br4Cl2N2O6Sn. The maximum atomic E-state index is 11.9. The van der Waals surface area contributed by atoms with Gasteiger partial charge in [0.05, 0.1) is 10.6 Å². The van der Waals surface area contributed by atoms with E-state index in [-0.39, 0.29) is 27.5 Å². The molecule has 6 aromatic carbocycles. The molecule has 0 saturated heterocycles. The van der Waals surface area contributed by atoms with Crippen molar-refractivity contribution in [2.24, 2.45) is 0 Å². The summed E-state index contributed by atoms with van der Waals surface area (Å²) in [6.07, 6.45) is 8.38. The van der Waals surface area contributed by atoms with Crippen LogP contribution in [0.1, 0.15) is 104 Å². The van der Waals surface area contributed by atoms with Crippen LogP contribution in [0.5, 0.6) is 11.5 Å². The van der Waals surface area contributed by atoms with Crippen LogP contribution in [-0.2, 0) is 38.9 Å². The zero-order valence-corrected chi connectivity index (χ0v) is 48.6. The van der Waals surface area contributed by atoms with Gasteiger partial charge in [-0.25, -0.2) is 0 Å². The first kappa shape index (κ1) is 56.9. The van der Waals surface area contributed by atoms with Crippen molar-refractivity contribution in [1.29, 1.82) is 0 Å². The van der Waals surface area contributed by atoms with E-state index in [1.165, 1.54) is 57.3 Å². The maximum absolute atomic E-state index is 11.9. The second kappa shape index (κ2) is 27.1. The van der Waals surface area contributed by atoms with Crippen molar-refractivity contribution < 1.29 is 25.3 Å². The summed E-state index contributed by atoms with van der Waals surface area (Å²) in [7, 11) is 9.87. The molecule has 2 aliphatic carbocycles. The van der Waals surface area contributed by atoms with E-state index in [0.717, 1.165) is 90.1 Å². The number of ether oxygens (including phenoxy) is 2. The number of hydrogen-bond acceptors (Lipinski definition) is 5. The quantitative estimate of drug-likeness (QED) is 0.0593. The van der Waals surface area contributed by atoms with Gasteiger partial charge in [0.1, 0.15) is 19.0 Å². The van der Waals surface area contributed by atoms with Gasteiger partial charge in [-0.3, -0.25) is 10.1 Å². The summed E-state index contributed by atoms with van der Waals surface area (Å²) in [5, 5.41) is 11.9. The number of nitro benzene ring substituents is 1. The summed E-state index contributed by atoms with van der Waals surface area (Å²) < 4.78 is 16.5. The van der Waals surface area contributed by atoms with Gasteiger partial charge in [0.15, 0.2) is 5.75 Å². The van der Waals surface area contributed by atoms with Gasteiger partial charge < -0.3 is 26.2 Å². The van der Waals surface area contributed by atoms with E-state index >= 15 is 0 Å². The molecule has 0 fully saturated rings. The second-order valence-corrected chi connectivity index (χ2v) is 24.6. The molecule has 0 amide bonds. The van der Waals surface area contributed by atoms with Crippen molar-refractivity contribution in [1.82, 2.24) is 0 Å². The van der Waals surface area contributed by atoms with Gasteiger partial charge in [0.25, 0.3) is 0 Å². The molecule has 2 atom stereocenters. The van der Waals surface area contributed by atoms with Crippen LogP contribution in [-0.4, -0.2) is 34.8 Å². The number of anilines is 1. The predicted molar refractivity (Wildman–Crippen MR) is 292 cm³/mol. The third-order valence-corrected chi connectivity index (χ3v) is 15.5. The minimum atomic E-state index is -0.826. The Balaban J connectivity index is 0.000000269. The van der Waals surface area contributed by atoms with Crippen LogP contribution in [0.25, 0.3) is 0 Å². The molecule has 0 bridgehead atoms. The Bertz CT molecular complexity index is 2570. The number of nitro groups is 1. The number of aryl methyl sites for hydroxylation is 4. The Morgan fingerprint density at radius 2 is 0.985 bits per heavy atom. The van der Waals surface area contributed by atoms with Crippen LogP contribution in [0.4, 0.5) is 11.4 Å². The zero-order chi connectivity index (χ0) is 46.8. The fraction of sp³-hybridized carbons (Fsp3) is 0.308. The SMILES string of the molecule is Cc1ccc(COc2cc3c(cc2N)C(Cc2cc(Br)c(C)c(Br)c2)CCC3)cc1.Cc1ccc(COc2cc3c(cc2[N+](=O)[O-])C(Cc2cc(Br)c(C)c(Br)c2)CCC3)cc1.O.O.[Cl][Sn][Cl]. The number of rotatable bonds is 11. The third-order valence-electron chi connectivity index (χ3n) is 12.2. The Kier molecular flexibility index (Phi) is 23.0. The molecule has 15 heteroatoms.